The molecule has 3 rings (SSSR count). The van der Waals surface area contributed by atoms with E-state index in [0.717, 1.165) is 0 Å². The van der Waals surface area contributed by atoms with Crippen LogP contribution in [0.25, 0.3) is 10.8 Å². The lowest BCUT2D eigenvalue weighted by molar-refractivity contribution is -0.141. The van der Waals surface area contributed by atoms with Gasteiger partial charge in [-0.15, -0.1) is 0 Å². The Morgan fingerprint density at radius 1 is 1.29 bits per heavy atom. The van der Waals surface area contributed by atoms with Gasteiger partial charge < -0.3 is 15.0 Å². The number of aliphatic carboxylic acids is 1. The van der Waals surface area contributed by atoms with Gasteiger partial charge in [0.05, 0.1) is 5.92 Å². The van der Waals surface area contributed by atoms with E-state index in [9.17, 15) is 14.4 Å². The van der Waals surface area contributed by atoms with Gasteiger partial charge in [-0.1, -0.05) is 18.2 Å². The van der Waals surface area contributed by atoms with E-state index in [2.05, 4.69) is 4.98 Å². The van der Waals surface area contributed by atoms with E-state index in [1.807, 2.05) is 0 Å². The SMILES string of the molecule is O=C(O)C1CCN(C(=O)c2cc3ccccc3c(=O)[nH]2)C1. The molecule has 1 amide bonds. The number of amides is 1. The van der Waals surface area contributed by atoms with Crippen LogP contribution in [-0.4, -0.2) is 40.0 Å². The number of benzene rings is 1. The van der Waals surface area contributed by atoms with Gasteiger partial charge in [0.1, 0.15) is 5.69 Å². The van der Waals surface area contributed by atoms with Gasteiger partial charge in [0, 0.05) is 18.5 Å². The Labute approximate surface area is 120 Å². The highest BCUT2D eigenvalue weighted by Gasteiger charge is 2.31. The van der Waals surface area contributed by atoms with Crippen molar-refractivity contribution in [1.29, 1.82) is 0 Å². The van der Waals surface area contributed by atoms with Crippen LogP contribution >= 0.6 is 0 Å². The van der Waals surface area contributed by atoms with Gasteiger partial charge in [-0.3, -0.25) is 14.4 Å². The predicted octanol–water partition coefficient (Wildman–Crippen LogP) is 1.07. The van der Waals surface area contributed by atoms with E-state index >= 15 is 0 Å². The van der Waals surface area contributed by atoms with Crippen molar-refractivity contribution in [3.05, 3.63) is 46.4 Å². The van der Waals surface area contributed by atoms with E-state index in [1.165, 1.54) is 4.90 Å². The highest BCUT2D eigenvalue weighted by molar-refractivity contribution is 5.96. The Kier molecular flexibility index (Phi) is 3.21. The van der Waals surface area contributed by atoms with Crippen molar-refractivity contribution in [3.8, 4) is 0 Å². The smallest absolute Gasteiger partial charge is 0.308 e. The van der Waals surface area contributed by atoms with Gasteiger partial charge in [-0.2, -0.15) is 0 Å². The van der Waals surface area contributed by atoms with Gasteiger partial charge >= 0.3 is 5.97 Å². The second-order valence-electron chi connectivity index (χ2n) is 5.17. The van der Waals surface area contributed by atoms with Gasteiger partial charge in [-0.25, -0.2) is 0 Å². The van der Waals surface area contributed by atoms with E-state index in [4.69, 9.17) is 5.11 Å². The maximum Gasteiger partial charge on any atom is 0.308 e. The summed E-state index contributed by atoms with van der Waals surface area (Å²) in [5.74, 6) is -1.75. The zero-order chi connectivity index (χ0) is 15.0. The number of carboxylic acids is 1. The number of nitrogens with zero attached hydrogens (tertiary/aromatic N) is 1. The fourth-order valence-electron chi connectivity index (χ4n) is 2.64. The molecule has 6 heteroatoms. The van der Waals surface area contributed by atoms with Crippen LogP contribution < -0.4 is 5.56 Å². The molecule has 108 valence electrons. The van der Waals surface area contributed by atoms with E-state index in [0.29, 0.717) is 23.7 Å². The Balaban J connectivity index is 1.92. The molecule has 21 heavy (non-hydrogen) atoms. The monoisotopic (exact) mass is 286 g/mol. The normalized spacial score (nSPS) is 18.1. The average Bonchev–Trinajstić information content (AvgIpc) is 2.96. The van der Waals surface area contributed by atoms with Gasteiger partial charge in [0.15, 0.2) is 0 Å². The molecule has 2 N–H and O–H groups in total. The largest absolute Gasteiger partial charge is 0.481 e. The van der Waals surface area contributed by atoms with Crippen molar-refractivity contribution in [3.63, 3.8) is 0 Å². The number of nitrogens with one attached hydrogen (secondary N) is 1. The van der Waals surface area contributed by atoms with Crippen molar-refractivity contribution in [1.82, 2.24) is 9.88 Å². The Bertz CT molecular complexity index is 781. The molecule has 1 atom stereocenters. The molecule has 1 aliphatic rings. The topological polar surface area (TPSA) is 90.5 Å². The standard InChI is InChI=1S/C15H14N2O4/c18-13-11-4-2-1-3-9(11)7-12(16-13)14(19)17-6-5-10(8-17)15(20)21/h1-4,7,10H,5-6,8H2,(H,16,18)(H,20,21). The van der Waals surface area contributed by atoms with Crippen molar-refractivity contribution >= 4 is 22.6 Å². The lowest BCUT2D eigenvalue weighted by Crippen LogP contribution is -2.31. The Morgan fingerprint density at radius 2 is 2.05 bits per heavy atom. The maximum atomic E-state index is 12.4. The van der Waals surface area contributed by atoms with Crippen LogP contribution in [0, 0.1) is 5.92 Å². The van der Waals surface area contributed by atoms with Gasteiger partial charge in [0.25, 0.3) is 11.5 Å². The van der Waals surface area contributed by atoms with Crippen LogP contribution in [0.5, 0.6) is 0 Å². The number of carboxylic acid groups (broad SMARTS) is 1. The third kappa shape index (κ3) is 2.40. The number of carbonyl (C=O) groups excluding carboxylic acids is 1. The van der Waals surface area contributed by atoms with Crippen LogP contribution in [-0.2, 0) is 4.79 Å². The van der Waals surface area contributed by atoms with Crippen LogP contribution in [0.4, 0.5) is 0 Å². The molecule has 2 aromatic rings. The fourth-order valence-corrected chi connectivity index (χ4v) is 2.64. The molecule has 2 heterocycles. The zero-order valence-corrected chi connectivity index (χ0v) is 11.2. The maximum absolute atomic E-state index is 12.4. The summed E-state index contributed by atoms with van der Waals surface area (Å²) in [6.07, 6.45) is 0.443. The molecular weight excluding hydrogens is 272 g/mol. The minimum absolute atomic E-state index is 0.184. The molecular formula is C15H14N2O4. The van der Waals surface area contributed by atoms with Gasteiger partial charge in [0.2, 0.25) is 0 Å². The molecule has 6 nitrogen and oxygen atoms in total. The van der Waals surface area contributed by atoms with E-state index in [1.54, 1.807) is 30.3 Å². The number of hydrogen-bond donors (Lipinski definition) is 2. The summed E-state index contributed by atoms with van der Waals surface area (Å²) in [4.78, 5) is 39.3. The van der Waals surface area contributed by atoms with Crippen LogP contribution in [0.2, 0.25) is 0 Å². The lowest BCUT2D eigenvalue weighted by atomic mass is 10.1. The van der Waals surface area contributed by atoms with Crippen molar-refractivity contribution in [2.75, 3.05) is 13.1 Å². The molecule has 0 radical (unpaired) electrons. The molecule has 0 bridgehead atoms. The lowest BCUT2D eigenvalue weighted by Gasteiger charge is -2.15. The zero-order valence-electron chi connectivity index (χ0n) is 11.2. The summed E-state index contributed by atoms with van der Waals surface area (Å²) >= 11 is 0. The first-order valence-corrected chi connectivity index (χ1v) is 6.70. The summed E-state index contributed by atoms with van der Waals surface area (Å²) in [5, 5.41) is 10.2. The first kappa shape index (κ1) is 13.4. The summed E-state index contributed by atoms with van der Waals surface area (Å²) in [5.41, 5.74) is -0.116. The minimum atomic E-state index is -0.891. The second kappa shape index (κ2) is 5.05. The number of likely N-dealkylation sites (tertiary alicyclic amines) is 1. The first-order valence-electron chi connectivity index (χ1n) is 6.70. The molecule has 0 spiro atoms. The van der Waals surface area contributed by atoms with Gasteiger partial charge in [-0.05, 0) is 23.9 Å². The number of aromatic amines is 1. The Hall–Kier alpha value is -2.63. The number of fused-ring (bicyclic) bond motifs is 1. The van der Waals surface area contributed by atoms with Crippen molar-refractivity contribution in [2.45, 2.75) is 6.42 Å². The minimum Gasteiger partial charge on any atom is -0.481 e. The highest BCUT2D eigenvalue weighted by Crippen LogP contribution is 2.19. The third-order valence-corrected chi connectivity index (χ3v) is 3.81. The molecule has 1 aromatic carbocycles. The number of aromatic nitrogens is 1. The average molecular weight is 286 g/mol. The predicted molar refractivity (Wildman–Crippen MR) is 76.2 cm³/mol. The summed E-state index contributed by atoms with van der Waals surface area (Å²) < 4.78 is 0. The second-order valence-corrected chi connectivity index (χ2v) is 5.17. The van der Waals surface area contributed by atoms with E-state index in [-0.39, 0.29) is 23.7 Å². The summed E-state index contributed by atoms with van der Waals surface area (Å²) in [6.45, 7) is 0.577. The highest BCUT2D eigenvalue weighted by atomic mass is 16.4. The van der Waals surface area contributed by atoms with Crippen molar-refractivity contribution < 1.29 is 14.7 Å². The number of carbonyl (C=O) groups is 2. The summed E-state index contributed by atoms with van der Waals surface area (Å²) in [6, 6.07) is 8.65. The molecule has 1 aromatic heterocycles. The van der Waals surface area contributed by atoms with Crippen LogP contribution in [0.1, 0.15) is 16.9 Å². The van der Waals surface area contributed by atoms with Crippen LogP contribution in [0.3, 0.4) is 0 Å². The molecule has 1 unspecified atom stereocenters. The Morgan fingerprint density at radius 3 is 2.76 bits per heavy atom. The number of pyridine rings is 1. The van der Waals surface area contributed by atoms with E-state index < -0.39 is 11.9 Å². The molecule has 1 saturated heterocycles. The number of rotatable bonds is 2. The number of hydrogen-bond acceptors (Lipinski definition) is 3. The first-order chi connectivity index (χ1) is 10.1. The molecule has 1 fully saturated rings. The quantitative estimate of drug-likeness (QED) is 0.864. The fraction of sp³-hybridized carbons (Fsp3) is 0.267. The molecule has 0 saturated carbocycles. The molecule has 0 aliphatic carbocycles. The molecule has 1 aliphatic heterocycles. The van der Waals surface area contributed by atoms with Crippen molar-refractivity contribution in [2.24, 2.45) is 5.92 Å². The number of H-pyrrole nitrogens is 1. The van der Waals surface area contributed by atoms with Crippen LogP contribution in [0.15, 0.2) is 35.1 Å². The summed E-state index contributed by atoms with van der Waals surface area (Å²) in [7, 11) is 0. The third-order valence-electron chi connectivity index (χ3n) is 3.81.